The van der Waals surface area contributed by atoms with Crippen molar-refractivity contribution in [2.75, 3.05) is 32.7 Å². The summed E-state index contributed by atoms with van der Waals surface area (Å²) in [6.45, 7) is 10.0. The fourth-order valence-corrected chi connectivity index (χ4v) is 4.32. The maximum atomic E-state index is 12.5. The zero-order valence-electron chi connectivity index (χ0n) is 16.1. The minimum atomic E-state index is 0.196. The lowest BCUT2D eigenvalue weighted by atomic mass is 9.78. The third kappa shape index (κ3) is 5.45. The zero-order valence-corrected chi connectivity index (χ0v) is 16.8. The van der Waals surface area contributed by atoms with Crippen molar-refractivity contribution < 1.29 is 4.79 Å². The minimum absolute atomic E-state index is 0.196. The molecule has 3 rings (SSSR count). The van der Waals surface area contributed by atoms with E-state index in [2.05, 4.69) is 41.1 Å². The molecule has 1 heterocycles. The van der Waals surface area contributed by atoms with E-state index in [1.807, 2.05) is 12.1 Å². The summed E-state index contributed by atoms with van der Waals surface area (Å²) >= 11 is 5.95. The molecule has 1 aliphatic carbocycles. The summed E-state index contributed by atoms with van der Waals surface area (Å²) < 4.78 is 0. The molecule has 144 valence electrons. The maximum absolute atomic E-state index is 12.5. The molecule has 4 nitrogen and oxygen atoms in total. The van der Waals surface area contributed by atoms with Crippen molar-refractivity contribution in [3.8, 4) is 0 Å². The Morgan fingerprint density at radius 3 is 2.42 bits per heavy atom. The summed E-state index contributed by atoms with van der Waals surface area (Å²) in [5.74, 6) is 1.50. The summed E-state index contributed by atoms with van der Waals surface area (Å²) in [4.78, 5) is 17.2. The Morgan fingerprint density at radius 1 is 1.08 bits per heavy atom. The molecule has 1 amide bonds. The van der Waals surface area contributed by atoms with Crippen LogP contribution in [-0.4, -0.2) is 54.5 Å². The molecule has 5 heteroatoms. The summed E-state index contributed by atoms with van der Waals surface area (Å²) in [5, 5.41) is 4.08. The van der Waals surface area contributed by atoms with Crippen molar-refractivity contribution in [1.29, 1.82) is 0 Å². The Balaban J connectivity index is 1.39. The lowest BCUT2D eigenvalue weighted by Gasteiger charge is -2.36. The summed E-state index contributed by atoms with van der Waals surface area (Å²) in [6, 6.07) is 8.44. The molecule has 0 unspecified atom stereocenters. The van der Waals surface area contributed by atoms with Crippen molar-refractivity contribution in [3.05, 3.63) is 34.9 Å². The van der Waals surface area contributed by atoms with Crippen LogP contribution in [0.15, 0.2) is 24.3 Å². The van der Waals surface area contributed by atoms with Crippen molar-refractivity contribution in [1.82, 2.24) is 15.1 Å². The highest BCUT2D eigenvalue weighted by molar-refractivity contribution is 6.30. The fraction of sp³-hybridized carbons (Fsp3) is 0.667. The van der Waals surface area contributed by atoms with Crippen LogP contribution in [0.4, 0.5) is 0 Å². The van der Waals surface area contributed by atoms with Gasteiger partial charge in [0.15, 0.2) is 0 Å². The van der Waals surface area contributed by atoms with Gasteiger partial charge in [-0.3, -0.25) is 14.6 Å². The number of benzene rings is 1. The van der Waals surface area contributed by atoms with Crippen molar-refractivity contribution >= 4 is 17.5 Å². The summed E-state index contributed by atoms with van der Waals surface area (Å²) in [5.41, 5.74) is 1.29. The second-order valence-electron chi connectivity index (χ2n) is 8.12. The Bertz CT molecular complexity index is 583. The number of nitrogens with zero attached hydrogens (tertiary/aromatic N) is 2. The van der Waals surface area contributed by atoms with Crippen LogP contribution in [0.5, 0.6) is 0 Å². The first-order chi connectivity index (χ1) is 12.5. The first kappa shape index (κ1) is 19.7. The molecule has 0 spiro atoms. The van der Waals surface area contributed by atoms with Crippen LogP contribution in [-0.2, 0) is 11.3 Å². The lowest BCUT2D eigenvalue weighted by Crippen LogP contribution is -2.51. The van der Waals surface area contributed by atoms with Gasteiger partial charge in [-0.05, 0) is 36.0 Å². The highest BCUT2D eigenvalue weighted by Gasteiger charge is 2.28. The molecular weight excluding hydrogens is 346 g/mol. The molecule has 0 radical (unpaired) electrons. The average Bonchev–Trinajstić information content (AvgIpc) is 2.62. The second-order valence-corrected chi connectivity index (χ2v) is 8.56. The van der Waals surface area contributed by atoms with Crippen LogP contribution in [0.3, 0.4) is 0 Å². The van der Waals surface area contributed by atoms with Gasteiger partial charge in [0.2, 0.25) is 5.91 Å². The Kier molecular flexibility index (Phi) is 6.96. The van der Waals surface area contributed by atoms with Crippen LogP contribution in [0.1, 0.15) is 38.7 Å². The molecule has 1 saturated heterocycles. The van der Waals surface area contributed by atoms with E-state index in [0.29, 0.717) is 24.4 Å². The molecule has 1 aromatic carbocycles. The van der Waals surface area contributed by atoms with E-state index < -0.39 is 0 Å². The van der Waals surface area contributed by atoms with Gasteiger partial charge in [-0.25, -0.2) is 0 Å². The third-order valence-corrected chi connectivity index (χ3v) is 6.46. The highest BCUT2D eigenvalue weighted by atomic mass is 35.5. The van der Waals surface area contributed by atoms with Gasteiger partial charge < -0.3 is 5.32 Å². The van der Waals surface area contributed by atoms with Gasteiger partial charge in [0.25, 0.3) is 0 Å². The van der Waals surface area contributed by atoms with E-state index in [1.165, 1.54) is 18.4 Å². The van der Waals surface area contributed by atoms with Gasteiger partial charge in [0.1, 0.15) is 0 Å². The van der Waals surface area contributed by atoms with E-state index in [9.17, 15) is 4.79 Å². The molecule has 26 heavy (non-hydrogen) atoms. The Labute approximate surface area is 162 Å². The van der Waals surface area contributed by atoms with E-state index in [1.54, 1.807) is 0 Å². The molecule has 1 saturated carbocycles. The number of carbonyl (C=O) groups is 1. The van der Waals surface area contributed by atoms with Crippen molar-refractivity contribution in [3.63, 3.8) is 0 Å². The standard InChI is InChI=1S/C21H32ClN3O/c1-16-4-3-5-20(17(16)2)23-21(26)15-25-12-10-24(11-13-25)14-18-6-8-19(22)9-7-18/h6-9,16-17,20H,3-5,10-15H2,1-2H3,(H,23,26)/t16-,17-,20-/m1/s1. The van der Waals surface area contributed by atoms with Crippen LogP contribution in [0, 0.1) is 11.8 Å². The topological polar surface area (TPSA) is 35.6 Å². The number of amides is 1. The molecule has 1 N–H and O–H groups in total. The van der Waals surface area contributed by atoms with E-state index in [4.69, 9.17) is 11.6 Å². The molecule has 3 atom stereocenters. The van der Waals surface area contributed by atoms with Crippen molar-refractivity contribution in [2.24, 2.45) is 11.8 Å². The second kappa shape index (κ2) is 9.20. The number of hydrogen-bond acceptors (Lipinski definition) is 3. The van der Waals surface area contributed by atoms with Gasteiger partial charge in [-0.2, -0.15) is 0 Å². The molecular formula is C21H32ClN3O. The van der Waals surface area contributed by atoms with Crippen LogP contribution >= 0.6 is 11.6 Å². The van der Waals surface area contributed by atoms with Crippen LogP contribution in [0.25, 0.3) is 0 Å². The van der Waals surface area contributed by atoms with Gasteiger partial charge in [-0.1, -0.05) is 50.4 Å². The third-order valence-electron chi connectivity index (χ3n) is 6.20. The quantitative estimate of drug-likeness (QED) is 0.854. The minimum Gasteiger partial charge on any atom is -0.352 e. The SMILES string of the molecule is C[C@@H]1[C@H](C)CCC[C@H]1NC(=O)CN1CCN(Cc2ccc(Cl)cc2)CC1. The van der Waals surface area contributed by atoms with Crippen molar-refractivity contribution in [2.45, 2.75) is 45.7 Å². The van der Waals surface area contributed by atoms with Crippen LogP contribution < -0.4 is 5.32 Å². The van der Waals surface area contributed by atoms with E-state index >= 15 is 0 Å². The molecule has 2 fully saturated rings. The van der Waals surface area contributed by atoms with Crippen LogP contribution in [0.2, 0.25) is 5.02 Å². The number of carbonyl (C=O) groups excluding carboxylic acids is 1. The first-order valence-electron chi connectivity index (χ1n) is 10.00. The number of halogens is 1. The predicted octanol–water partition coefficient (Wildman–Crippen LogP) is 3.40. The molecule has 0 aromatic heterocycles. The lowest BCUT2D eigenvalue weighted by molar-refractivity contribution is -0.124. The smallest absolute Gasteiger partial charge is 0.234 e. The average molecular weight is 378 g/mol. The number of rotatable bonds is 5. The number of nitrogens with one attached hydrogen (secondary N) is 1. The van der Waals surface area contributed by atoms with Gasteiger partial charge in [0, 0.05) is 43.8 Å². The monoisotopic (exact) mass is 377 g/mol. The van der Waals surface area contributed by atoms with Gasteiger partial charge in [0.05, 0.1) is 6.54 Å². The number of piperazine rings is 1. The largest absolute Gasteiger partial charge is 0.352 e. The molecule has 1 aliphatic heterocycles. The summed E-state index contributed by atoms with van der Waals surface area (Å²) in [6.07, 6.45) is 3.66. The van der Waals surface area contributed by atoms with E-state index in [-0.39, 0.29) is 5.91 Å². The Morgan fingerprint density at radius 2 is 1.73 bits per heavy atom. The van der Waals surface area contributed by atoms with Gasteiger partial charge in [-0.15, -0.1) is 0 Å². The normalized spacial score (nSPS) is 28.0. The Hall–Kier alpha value is -1.10. The number of hydrogen-bond donors (Lipinski definition) is 1. The first-order valence-corrected chi connectivity index (χ1v) is 10.4. The summed E-state index contributed by atoms with van der Waals surface area (Å²) in [7, 11) is 0. The fourth-order valence-electron chi connectivity index (χ4n) is 4.19. The predicted molar refractivity (Wildman–Crippen MR) is 107 cm³/mol. The van der Waals surface area contributed by atoms with Gasteiger partial charge >= 0.3 is 0 Å². The molecule has 1 aromatic rings. The molecule has 0 bridgehead atoms. The highest BCUT2D eigenvalue weighted by Crippen LogP contribution is 2.29. The van der Waals surface area contributed by atoms with E-state index in [0.717, 1.165) is 44.2 Å². The molecule has 2 aliphatic rings. The maximum Gasteiger partial charge on any atom is 0.234 e. The zero-order chi connectivity index (χ0) is 18.5.